The van der Waals surface area contributed by atoms with Crippen LogP contribution in [0, 0.1) is 25.7 Å². The molecule has 2 bridgehead atoms. The van der Waals surface area contributed by atoms with Crippen molar-refractivity contribution >= 4 is 38.8 Å². The van der Waals surface area contributed by atoms with Crippen LogP contribution in [0.25, 0.3) is 10.2 Å². The second-order valence-electron chi connectivity index (χ2n) is 10.2. The van der Waals surface area contributed by atoms with E-state index in [4.69, 9.17) is 10.5 Å². The lowest BCUT2D eigenvalue weighted by atomic mass is 9.81. The molecule has 6 rings (SSSR count). The largest absolute Gasteiger partial charge is 0.491 e. The number of anilines is 2. The summed E-state index contributed by atoms with van der Waals surface area (Å²) in [6.07, 6.45) is 0.621. The van der Waals surface area contributed by atoms with Crippen molar-refractivity contribution in [1.82, 2.24) is 15.6 Å². The Morgan fingerprint density at radius 1 is 1.25 bits per heavy atom. The van der Waals surface area contributed by atoms with E-state index in [0.717, 1.165) is 38.5 Å². The first-order valence-electron chi connectivity index (χ1n) is 12.3. The number of alkyl halides is 2. The smallest absolute Gasteiger partial charge is 0.263 e. The number of nitrogen functional groups attached to an aromatic ring is 1. The van der Waals surface area contributed by atoms with E-state index >= 15 is 0 Å². The highest BCUT2D eigenvalue weighted by atomic mass is 32.1. The Morgan fingerprint density at radius 2 is 2.00 bits per heavy atom. The van der Waals surface area contributed by atoms with Crippen molar-refractivity contribution in [1.29, 1.82) is 0 Å². The van der Waals surface area contributed by atoms with Gasteiger partial charge in [-0.15, -0.1) is 11.3 Å². The third kappa shape index (κ3) is 3.87. The van der Waals surface area contributed by atoms with Crippen LogP contribution in [-0.4, -0.2) is 55.6 Å². The summed E-state index contributed by atoms with van der Waals surface area (Å²) in [6, 6.07) is 7.66. The number of rotatable bonds is 3. The van der Waals surface area contributed by atoms with Crippen molar-refractivity contribution in [2.75, 3.05) is 43.4 Å². The Balaban J connectivity index is 1.16. The van der Waals surface area contributed by atoms with E-state index in [-0.39, 0.29) is 11.9 Å². The summed E-state index contributed by atoms with van der Waals surface area (Å²) >= 11 is 1.31. The number of nitrogens with one attached hydrogen (secondary N) is 2. The standard InChI is InChI=1S/C26H29F2N5O2S/c1-13-5-14(2)31-25-21(13)22(29)23(36-25)24(34)32-18-6-15-3-4-19(7-20(15)35-12-18)33-10-16-8-30-9-17(11-33)26(16,27)28/h3-5,7,16-18,30H,6,8-12,29H2,1-2H3,(H,32,34)/t16?,17?,18-/m1/s1. The van der Waals surface area contributed by atoms with Crippen LogP contribution in [0.2, 0.25) is 0 Å². The van der Waals surface area contributed by atoms with Crippen molar-refractivity contribution < 1.29 is 18.3 Å². The van der Waals surface area contributed by atoms with Crippen molar-refractivity contribution in [2.45, 2.75) is 32.2 Å². The molecule has 7 nitrogen and oxygen atoms in total. The molecular weight excluding hydrogens is 484 g/mol. The van der Waals surface area contributed by atoms with Gasteiger partial charge in [0.1, 0.15) is 22.1 Å². The highest BCUT2D eigenvalue weighted by molar-refractivity contribution is 7.21. The maximum atomic E-state index is 14.5. The minimum Gasteiger partial charge on any atom is -0.491 e. The number of aryl methyl sites for hydroxylation is 2. The monoisotopic (exact) mass is 513 g/mol. The molecule has 1 aromatic carbocycles. The van der Waals surface area contributed by atoms with Crippen LogP contribution in [0.5, 0.6) is 5.75 Å². The van der Waals surface area contributed by atoms with Gasteiger partial charge in [-0.05, 0) is 43.5 Å². The number of fused-ring (bicyclic) bond motifs is 4. The van der Waals surface area contributed by atoms with E-state index in [9.17, 15) is 13.6 Å². The average Bonchev–Trinajstić information content (AvgIpc) is 3.14. The summed E-state index contributed by atoms with van der Waals surface area (Å²) in [7, 11) is 0. The zero-order valence-corrected chi connectivity index (χ0v) is 21.1. The number of hydrogen-bond donors (Lipinski definition) is 3. The Labute approximate surface area is 212 Å². The molecule has 0 spiro atoms. The van der Waals surface area contributed by atoms with E-state index < -0.39 is 17.8 Å². The minimum absolute atomic E-state index is 0.199. The number of nitrogens with two attached hydrogens (primary N) is 1. The van der Waals surface area contributed by atoms with Gasteiger partial charge < -0.3 is 26.0 Å². The molecular formula is C26H29F2N5O2S. The van der Waals surface area contributed by atoms with Gasteiger partial charge in [0, 0.05) is 49.0 Å². The third-order valence-electron chi connectivity index (χ3n) is 7.64. The summed E-state index contributed by atoms with van der Waals surface area (Å²) in [5.41, 5.74) is 10.6. The third-order valence-corrected chi connectivity index (χ3v) is 8.74. The molecule has 1 amide bonds. The van der Waals surface area contributed by atoms with E-state index in [1.54, 1.807) is 0 Å². The van der Waals surface area contributed by atoms with Crippen LogP contribution in [0.4, 0.5) is 20.2 Å². The molecule has 0 saturated carbocycles. The molecule has 2 fully saturated rings. The van der Waals surface area contributed by atoms with Gasteiger partial charge in [0.05, 0.1) is 23.6 Å². The van der Waals surface area contributed by atoms with Crippen molar-refractivity contribution in [3.8, 4) is 5.75 Å². The van der Waals surface area contributed by atoms with Crippen LogP contribution in [-0.2, 0) is 6.42 Å². The number of piperidine rings is 2. The summed E-state index contributed by atoms with van der Waals surface area (Å²) in [6.45, 7) is 5.53. The Bertz CT molecular complexity index is 1340. The molecule has 5 heterocycles. The maximum Gasteiger partial charge on any atom is 0.263 e. The number of carbonyl (C=O) groups excluding carboxylic acids is 1. The number of aromatic nitrogens is 1. The minimum atomic E-state index is -2.62. The average molecular weight is 514 g/mol. The van der Waals surface area contributed by atoms with Gasteiger partial charge in [-0.3, -0.25) is 4.79 Å². The zero-order valence-electron chi connectivity index (χ0n) is 20.2. The molecule has 0 radical (unpaired) electrons. The number of ether oxygens (including phenoxy) is 1. The molecule has 4 N–H and O–H groups in total. The molecule has 3 aliphatic rings. The molecule has 36 heavy (non-hydrogen) atoms. The summed E-state index contributed by atoms with van der Waals surface area (Å²) in [5.74, 6) is -3.48. The zero-order chi connectivity index (χ0) is 25.2. The molecule has 2 saturated heterocycles. The number of nitrogens with zero attached hydrogens (tertiary/aromatic N) is 2. The number of halogens is 2. The highest BCUT2D eigenvalue weighted by Crippen LogP contribution is 2.42. The molecule has 3 atom stereocenters. The van der Waals surface area contributed by atoms with E-state index in [0.29, 0.717) is 49.8 Å². The number of benzene rings is 1. The van der Waals surface area contributed by atoms with E-state index in [1.165, 1.54) is 11.3 Å². The summed E-state index contributed by atoms with van der Waals surface area (Å²) < 4.78 is 35.1. The predicted molar refractivity (Wildman–Crippen MR) is 137 cm³/mol. The van der Waals surface area contributed by atoms with Gasteiger partial charge in [0.15, 0.2) is 0 Å². The first-order chi connectivity index (χ1) is 17.2. The first kappa shape index (κ1) is 23.4. The second kappa shape index (κ2) is 8.55. The van der Waals surface area contributed by atoms with Gasteiger partial charge in [0.25, 0.3) is 11.8 Å². The van der Waals surface area contributed by atoms with Gasteiger partial charge in [0.2, 0.25) is 0 Å². The van der Waals surface area contributed by atoms with Crippen LogP contribution in [0.15, 0.2) is 24.3 Å². The maximum absolute atomic E-state index is 14.5. The first-order valence-corrected chi connectivity index (χ1v) is 13.1. The van der Waals surface area contributed by atoms with Gasteiger partial charge in [-0.2, -0.15) is 0 Å². The summed E-state index contributed by atoms with van der Waals surface area (Å²) in [4.78, 5) is 20.9. The van der Waals surface area contributed by atoms with Crippen LogP contribution in [0.1, 0.15) is 26.5 Å². The molecule has 0 aliphatic carbocycles. The number of pyridine rings is 1. The van der Waals surface area contributed by atoms with Crippen molar-refractivity contribution in [3.63, 3.8) is 0 Å². The topological polar surface area (TPSA) is 92.5 Å². The summed E-state index contributed by atoms with van der Waals surface area (Å²) in [5, 5.41) is 7.04. The normalized spacial score (nSPS) is 24.8. The number of amides is 1. The highest BCUT2D eigenvalue weighted by Gasteiger charge is 2.53. The fourth-order valence-corrected chi connectivity index (χ4v) is 6.89. The Kier molecular flexibility index (Phi) is 5.56. The number of carbonyl (C=O) groups is 1. The van der Waals surface area contributed by atoms with Crippen molar-refractivity contribution in [2.24, 2.45) is 11.8 Å². The quantitative estimate of drug-likeness (QED) is 0.497. The fourth-order valence-electron chi connectivity index (χ4n) is 5.77. The van der Waals surface area contributed by atoms with E-state index in [2.05, 4.69) is 15.6 Å². The number of hydrogen-bond acceptors (Lipinski definition) is 7. The SMILES string of the molecule is Cc1cc(C)c2c(N)c(C(=O)N[C@H]3COc4cc(N5CC6CNCC(C5)C6(F)F)ccc4C3)sc2n1. The van der Waals surface area contributed by atoms with Crippen molar-refractivity contribution in [3.05, 3.63) is 46.0 Å². The Morgan fingerprint density at radius 3 is 2.75 bits per heavy atom. The second-order valence-corrected chi connectivity index (χ2v) is 11.2. The number of thiophene rings is 1. The molecule has 2 aromatic heterocycles. The van der Waals surface area contributed by atoms with Gasteiger partial charge >= 0.3 is 0 Å². The Hall–Kier alpha value is -2.98. The van der Waals surface area contributed by atoms with Crippen LogP contribution in [0.3, 0.4) is 0 Å². The van der Waals surface area contributed by atoms with Gasteiger partial charge in [-0.1, -0.05) is 6.07 Å². The molecule has 3 aromatic rings. The predicted octanol–water partition coefficient (Wildman–Crippen LogP) is 3.52. The fraction of sp³-hybridized carbons (Fsp3) is 0.462. The molecule has 10 heteroatoms. The molecule has 3 aliphatic heterocycles. The molecule has 2 unspecified atom stereocenters. The van der Waals surface area contributed by atoms with Crippen LogP contribution < -0.4 is 26.0 Å². The lowest BCUT2D eigenvalue weighted by Gasteiger charge is -2.48. The van der Waals surface area contributed by atoms with Crippen LogP contribution >= 0.6 is 11.3 Å². The lowest BCUT2D eigenvalue weighted by Crippen LogP contribution is -2.62. The lowest BCUT2D eigenvalue weighted by molar-refractivity contribution is -0.130. The van der Waals surface area contributed by atoms with E-state index in [1.807, 2.05) is 43.0 Å². The van der Waals surface area contributed by atoms with Gasteiger partial charge in [-0.25, -0.2) is 13.8 Å². The molecule has 190 valence electrons.